The van der Waals surface area contributed by atoms with Gasteiger partial charge in [0, 0.05) is 19.6 Å². The lowest BCUT2D eigenvalue weighted by molar-refractivity contribution is -0.130. The highest BCUT2D eigenvalue weighted by molar-refractivity contribution is 5.78. The Hall–Kier alpha value is -2.20. The minimum absolute atomic E-state index is 0.0213. The Bertz CT molecular complexity index is 584. The Morgan fingerprint density at radius 3 is 2.27 bits per heavy atom. The van der Waals surface area contributed by atoms with E-state index in [0.717, 1.165) is 12.0 Å². The molecule has 3 nitrogen and oxygen atoms in total. The number of carbonyl (C=O) groups excluding carboxylic acids is 1. The predicted molar refractivity (Wildman–Crippen MR) is 85.9 cm³/mol. The third-order valence-corrected chi connectivity index (χ3v) is 3.53. The summed E-state index contributed by atoms with van der Waals surface area (Å²) in [5, 5.41) is 0. The van der Waals surface area contributed by atoms with Gasteiger partial charge in [0.15, 0.2) is 0 Å². The normalized spacial score (nSPS) is 10.5. The Balaban J connectivity index is 1.94. The van der Waals surface area contributed by atoms with Gasteiger partial charge < -0.3 is 10.6 Å². The van der Waals surface area contributed by atoms with Crippen LogP contribution in [0.5, 0.6) is 0 Å². The Labute approximate surface area is 130 Å². The molecule has 2 N–H and O–H groups in total. The summed E-state index contributed by atoms with van der Waals surface area (Å²) >= 11 is 0. The largest absolute Gasteiger partial charge is 0.341 e. The highest BCUT2D eigenvalue weighted by Crippen LogP contribution is 2.07. The van der Waals surface area contributed by atoms with Gasteiger partial charge in [0.2, 0.25) is 5.91 Å². The summed E-state index contributed by atoms with van der Waals surface area (Å²) in [7, 11) is 0. The molecule has 0 radical (unpaired) electrons. The van der Waals surface area contributed by atoms with Gasteiger partial charge >= 0.3 is 0 Å². The Morgan fingerprint density at radius 1 is 0.955 bits per heavy atom. The smallest absolute Gasteiger partial charge is 0.227 e. The van der Waals surface area contributed by atoms with Gasteiger partial charge in [0.1, 0.15) is 5.82 Å². The number of carbonyl (C=O) groups is 1. The number of benzene rings is 2. The van der Waals surface area contributed by atoms with E-state index in [1.807, 2.05) is 30.3 Å². The molecule has 0 fully saturated rings. The first-order valence-corrected chi connectivity index (χ1v) is 7.45. The van der Waals surface area contributed by atoms with E-state index in [-0.39, 0.29) is 18.1 Å². The lowest BCUT2D eigenvalue weighted by Crippen LogP contribution is -2.37. The molecule has 0 unspecified atom stereocenters. The van der Waals surface area contributed by atoms with Gasteiger partial charge in [-0.3, -0.25) is 4.79 Å². The molecule has 0 aromatic heterocycles. The van der Waals surface area contributed by atoms with Crippen molar-refractivity contribution in [1.82, 2.24) is 4.90 Å². The van der Waals surface area contributed by atoms with Crippen LogP contribution in [0.4, 0.5) is 4.39 Å². The SMILES string of the molecule is NCCN(CCc1ccccc1)C(=O)Cc1ccc(F)cc1. The average molecular weight is 300 g/mol. The zero-order valence-electron chi connectivity index (χ0n) is 12.5. The summed E-state index contributed by atoms with van der Waals surface area (Å²) in [6.07, 6.45) is 1.07. The molecular formula is C18H21FN2O. The topological polar surface area (TPSA) is 46.3 Å². The number of hydrogen-bond acceptors (Lipinski definition) is 2. The average Bonchev–Trinajstić information content (AvgIpc) is 2.54. The quantitative estimate of drug-likeness (QED) is 0.853. The second-order valence-corrected chi connectivity index (χ2v) is 5.21. The molecule has 1 amide bonds. The molecule has 0 saturated carbocycles. The van der Waals surface area contributed by atoms with Crippen LogP contribution < -0.4 is 5.73 Å². The maximum absolute atomic E-state index is 12.9. The van der Waals surface area contributed by atoms with Crippen molar-refractivity contribution in [3.8, 4) is 0 Å². The summed E-state index contributed by atoms with van der Waals surface area (Å²) < 4.78 is 12.9. The van der Waals surface area contributed by atoms with E-state index < -0.39 is 0 Å². The van der Waals surface area contributed by atoms with Crippen LogP contribution in [-0.4, -0.2) is 30.4 Å². The van der Waals surface area contributed by atoms with E-state index in [4.69, 9.17) is 5.73 Å². The lowest BCUT2D eigenvalue weighted by Gasteiger charge is -2.22. The molecule has 0 saturated heterocycles. The molecular weight excluding hydrogens is 279 g/mol. The molecule has 0 heterocycles. The van der Waals surface area contributed by atoms with E-state index >= 15 is 0 Å². The minimum Gasteiger partial charge on any atom is -0.341 e. The van der Waals surface area contributed by atoms with Crippen molar-refractivity contribution in [3.63, 3.8) is 0 Å². The molecule has 2 aromatic carbocycles. The van der Waals surface area contributed by atoms with E-state index in [0.29, 0.717) is 19.6 Å². The van der Waals surface area contributed by atoms with Crippen molar-refractivity contribution in [2.75, 3.05) is 19.6 Å². The fourth-order valence-corrected chi connectivity index (χ4v) is 2.31. The summed E-state index contributed by atoms with van der Waals surface area (Å²) in [5.41, 5.74) is 7.61. The highest BCUT2D eigenvalue weighted by atomic mass is 19.1. The molecule has 22 heavy (non-hydrogen) atoms. The van der Waals surface area contributed by atoms with Crippen LogP contribution >= 0.6 is 0 Å². The standard InChI is InChI=1S/C18H21FN2O/c19-17-8-6-16(7-9-17)14-18(22)21(13-11-20)12-10-15-4-2-1-3-5-15/h1-9H,10-14,20H2. The molecule has 0 spiro atoms. The summed E-state index contributed by atoms with van der Waals surface area (Å²) in [6, 6.07) is 16.1. The number of amides is 1. The van der Waals surface area contributed by atoms with E-state index in [2.05, 4.69) is 0 Å². The third-order valence-electron chi connectivity index (χ3n) is 3.53. The van der Waals surface area contributed by atoms with Crippen LogP contribution in [0.25, 0.3) is 0 Å². The number of hydrogen-bond donors (Lipinski definition) is 1. The van der Waals surface area contributed by atoms with Gasteiger partial charge in [-0.25, -0.2) is 4.39 Å². The van der Waals surface area contributed by atoms with Crippen LogP contribution in [0, 0.1) is 5.82 Å². The maximum atomic E-state index is 12.9. The van der Waals surface area contributed by atoms with Gasteiger partial charge in [-0.2, -0.15) is 0 Å². The van der Waals surface area contributed by atoms with E-state index in [1.54, 1.807) is 17.0 Å². The van der Waals surface area contributed by atoms with Crippen molar-refractivity contribution in [2.45, 2.75) is 12.8 Å². The van der Waals surface area contributed by atoms with Gasteiger partial charge in [0.25, 0.3) is 0 Å². The van der Waals surface area contributed by atoms with E-state index in [9.17, 15) is 9.18 Å². The molecule has 0 aliphatic heterocycles. The predicted octanol–water partition coefficient (Wildman–Crippen LogP) is 2.40. The van der Waals surface area contributed by atoms with Crippen molar-refractivity contribution < 1.29 is 9.18 Å². The number of nitrogens with two attached hydrogens (primary N) is 1. The van der Waals surface area contributed by atoms with Crippen LogP contribution in [0.3, 0.4) is 0 Å². The maximum Gasteiger partial charge on any atom is 0.227 e. The second-order valence-electron chi connectivity index (χ2n) is 5.21. The van der Waals surface area contributed by atoms with Crippen LogP contribution in [0.1, 0.15) is 11.1 Å². The lowest BCUT2D eigenvalue weighted by atomic mass is 10.1. The van der Waals surface area contributed by atoms with Crippen LogP contribution in [0.2, 0.25) is 0 Å². The zero-order chi connectivity index (χ0) is 15.8. The van der Waals surface area contributed by atoms with Crippen LogP contribution in [0.15, 0.2) is 54.6 Å². The summed E-state index contributed by atoms with van der Waals surface area (Å²) in [5.74, 6) is -0.271. The Morgan fingerprint density at radius 2 is 1.64 bits per heavy atom. The van der Waals surface area contributed by atoms with E-state index in [1.165, 1.54) is 17.7 Å². The first-order chi connectivity index (χ1) is 10.7. The number of nitrogens with zero attached hydrogens (tertiary/aromatic N) is 1. The molecule has 0 atom stereocenters. The monoisotopic (exact) mass is 300 g/mol. The molecule has 0 aliphatic carbocycles. The highest BCUT2D eigenvalue weighted by Gasteiger charge is 2.13. The van der Waals surface area contributed by atoms with Gasteiger partial charge in [0.05, 0.1) is 6.42 Å². The second kappa shape index (κ2) is 8.29. The number of rotatable bonds is 7. The third kappa shape index (κ3) is 4.97. The molecule has 2 aromatic rings. The van der Waals surface area contributed by atoms with Crippen molar-refractivity contribution >= 4 is 5.91 Å². The fraction of sp³-hybridized carbons (Fsp3) is 0.278. The van der Waals surface area contributed by atoms with Crippen LogP contribution in [-0.2, 0) is 17.6 Å². The van der Waals surface area contributed by atoms with Gasteiger partial charge in [-0.05, 0) is 29.7 Å². The summed E-state index contributed by atoms with van der Waals surface area (Å²) in [6.45, 7) is 1.61. The fourth-order valence-electron chi connectivity index (χ4n) is 2.31. The zero-order valence-corrected chi connectivity index (χ0v) is 12.5. The summed E-state index contributed by atoms with van der Waals surface area (Å²) in [4.78, 5) is 14.2. The molecule has 0 bridgehead atoms. The molecule has 4 heteroatoms. The van der Waals surface area contributed by atoms with Gasteiger partial charge in [-0.15, -0.1) is 0 Å². The minimum atomic E-state index is -0.293. The number of halogens is 1. The van der Waals surface area contributed by atoms with Crippen molar-refractivity contribution in [1.29, 1.82) is 0 Å². The Kier molecular flexibility index (Phi) is 6.10. The molecule has 0 aliphatic rings. The molecule has 116 valence electrons. The molecule has 2 rings (SSSR count). The van der Waals surface area contributed by atoms with Crippen molar-refractivity contribution in [3.05, 3.63) is 71.5 Å². The first kappa shape index (κ1) is 16.2. The van der Waals surface area contributed by atoms with Gasteiger partial charge in [-0.1, -0.05) is 42.5 Å². The first-order valence-electron chi connectivity index (χ1n) is 7.45. The van der Waals surface area contributed by atoms with Crippen molar-refractivity contribution in [2.24, 2.45) is 5.73 Å².